The van der Waals surface area contributed by atoms with Gasteiger partial charge in [-0.2, -0.15) is 31.4 Å². The molecule has 0 unspecified atom stereocenters. The number of hydrogen-bond donors (Lipinski definition) is 1. The van der Waals surface area contributed by atoms with Gasteiger partial charge in [-0.15, -0.1) is 0 Å². The van der Waals surface area contributed by atoms with E-state index in [0.717, 1.165) is 4.90 Å². The average Bonchev–Trinajstić information content (AvgIpc) is 2.79. The van der Waals surface area contributed by atoms with Gasteiger partial charge in [-0.3, -0.25) is 10.0 Å². The van der Waals surface area contributed by atoms with Crippen molar-refractivity contribution in [2.24, 2.45) is 0 Å². The third-order valence-corrected chi connectivity index (χ3v) is 5.71. The summed E-state index contributed by atoms with van der Waals surface area (Å²) in [6.45, 7) is -0.572. The molecule has 0 aromatic heterocycles. The largest absolute Gasteiger partial charge is 0.477 e. The van der Waals surface area contributed by atoms with Gasteiger partial charge < -0.3 is 9.64 Å². The highest BCUT2D eigenvalue weighted by molar-refractivity contribution is 6.00. The highest BCUT2D eigenvalue weighted by Crippen LogP contribution is 2.38. The molecule has 1 N–H and O–H groups in total. The Labute approximate surface area is 200 Å². The minimum atomic E-state index is -5.03. The highest BCUT2D eigenvalue weighted by Gasteiger charge is 2.38. The normalized spacial score (nSPS) is 21.2. The maximum atomic E-state index is 13.6. The number of carbonyl (C=O) groups excluding carboxylic acids is 1. The van der Waals surface area contributed by atoms with Crippen molar-refractivity contribution in [3.8, 4) is 0 Å². The van der Waals surface area contributed by atoms with Gasteiger partial charge >= 0.3 is 12.4 Å². The zero-order valence-electron chi connectivity index (χ0n) is 18.5. The Morgan fingerprint density at radius 2 is 1.64 bits per heavy atom. The summed E-state index contributed by atoms with van der Waals surface area (Å²) in [6.07, 6.45) is -3.25. The summed E-state index contributed by atoms with van der Waals surface area (Å²) in [5.74, 6) is -1.49. The smallest absolute Gasteiger partial charge is 0.416 e. The lowest BCUT2D eigenvalue weighted by Crippen LogP contribution is -2.38. The summed E-state index contributed by atoms with van der Waals surface area (Å²) in [4.78, 5) is 14.7. The number of rotatable bonds is 2. The number of amides is 1. The summed E-state index contributed by atoms with van der Waals surface area (Å²) in [7, 11) is 0. The van der Waals surface area contributed by atoms with E-state index in [2.05, 4.69) is 0 Å². The van der Waals surface area contributed by atoms with Gasteiger partial charge in [0.2, 0.25) is 5.88 Å². The van der Waals surface area contributed by atoms with E-state index in [-0.39, 0.29) is 54.7 Å². The number of allylic oxidation sites excluding steroid dienone is 6. The molecule has 0 bridgehead atoms. The zero-order valence-corrected chi connectivity index (χ0v) is 18.5. The maximum absolute atomic E-state index is 13.6. The third kappa shape index (κ3) is 5.32. The summed E-state index contributed by atoms with van der Waals surface area (Å²) >= 11 is 0. The molecular weight excluding hydrogens is 497 g/mol. The molecule has 0 spiro atoms. The molecule has 0 radical (unpaired) electrons. The Balaban J connectivity index is 1.75. The van der Waals surface area contributed by atoms with Crippen LogP contribution in [-0.2, 0) is 28.4 Å². The van der Waals surface area contributed by atoms with E-state index >= 15 is 0 Å². The predicted octanol–water partition coefficient (Wildman–Crippen LogP) is 6.01. The van der Waals surface area contributed by atoms with Crippen molar-refractivity contribution in [3.05, 3.63) is 93.8 Å². The van der Waals surface area contributed by atoms with Crippen LogP contribution >= 0.6 is 0 Å². The Morgan fingerprint density at radius 1 is 0.972 bits per heavy atom. The van der Waals surface area contributed by atoms with Crippen LogP contribution in [0.25, 0.3) is 0 Å². The number of hydrogen-bond acceptors (Lipinski definition) is 4. The van der Waals surface area contributed by atoms with Crippen LogP contribution in [0.15, 0.2) is 77.1 Å². The SMILES string of the molecule is O=C1C2=C(OCCCN1Cc1cc(C(F)(F)F)cc(C(F)(F)F)c1)N(O)C=CC2=C1C=CC(F)=CC1. The number of nitrogens with zero attached hydrogens (tertiary/aromatic N) is 2. The first-order valence-corrected chi connectivity index (χ1v) is 10.7. The standard InChI is InChI=1S/C24H19F7N2O3/c25-18-4-2-15(3-5-18)19-6-8-33(35)22-20(19)21(34)32(7-1-9-36-22)13-14-10-16(23(26,27)28)12-17(11-14)24(29,30)31/h2,4-6,8,10-12,35H,1,3,7,9,13H2. The summed E-state index contributed by atoms with van der Waals surface area (Å²) in [6, 6.07) is 1.17. The molecule has 3 aliphatic rings. The van der Waals surface area contributed by atoms with Gasteiger partial charge in [0.05, 0.1) is 17.7 Å². The first kappa shape index (κ1) is 25.5. The number of benzene rings is 1. The highest BCUT2D eigenvalue weighted by atomic mass is 19.4. The van der Waals surface area contributed by atoms with Crippen molar-refractivity contribution in [2.75, 3.05) is 13.2 Å². The molecule has 2 aliphatic heterocycles. The number of halogens is 7. The Bertz CT molecular complexity index is 1190. The van der Waals surface area contributed by atoms with Crippen molar-refractivity contribution in [1.29, 1.82) is 0 Å². The number of hydroxylamine groups is 2. The second-order valence-electron chi connectivity index (χ2n) is 8.25. The molecule has 1 aliphatic carbocycles. The molecule has 36 heavy (non-hydrogen) atoms. The number of ether oxygens (including phenoxy) is 1. The van der Waals surface area contributed by atoms with Crippen LogP contribution in [0.2, 0.25) is 0 Å². The fourth-order valence-electron chi connectivity index (χ4n) is 4.03. The fourth-order valence-corrected chi connectivity index (χ4v) is 4.03. The van der Waals surface area contributed by atoms with E-state index in [1.165, 1.54) is 30.5 Å². The molecule has 1 aromatic rings. The third-order valence-electron chi connectivity index (χ3n) is 5.71. The van der Waals surface area contributed by atoms with E-state index in [1.807, 2.05) is 0 Å². The van der Waals surface area contributed by atoms with Crippen LogP contribution < -0.4 is 0 Å². The number of alkyl halides is 6. The molecule has 1 amide bonds. The fraction of sp³-hybridized carbons (Fsp3) is 0.292. The monoisotopic (exact) mass is 516 g/mol. The molecule has 1 aromatic carbocycles. The molecule has 192 valence electrons. The van der Waals surface area contributed by atoms with E-state index < -0.39 is 41.8 Å². The molecule has 12 heteroatoms. The van der Waals surface area contributed by atoms with Crippen molar-refractivity contribution in [2.45, 2.75) is 31.7 Å². The molecule has 0 atom stereocenters. The molecule has 2 heterocycles. The van der Waals surface area contributed by atoms with Gasteiger partial charge in [0.1, 0.15) is 11.4 Å². The van der Waals surface area contributed by atoms with Crippen molar-refractivity contribution in [1.82, 2.24) is 9.96 Å². The first-order chi connectivity index (χ1) is 16.8. The molecule has 4 rings (SSSR count). The lowest BCUT2D eigenvalue weighted by molar-refractivity contribution is -0.143. The summed E-state index contributed by atoms with van der Waals surface area (Å²) < 4.78 is 98.8. The van der Waals surface area contributed by atoms with Gasteiger partial charge in [-0.25, -0.2) is 4.39 Å². The first-order valence-electron chi connectivity index (χ1n) is 10.7. The van der Waals surface area contributed by atoms with Gasteiger partial charge in [0.25, 0.3) is 5.91 Å². The maximum Gasteiger partial charge on any atom is 0.416 e. The zero-order chi connectivity index (χ0) is 26.3. The van der Waals surface area contributed by atoms with Crippen LogP contribution in [-0.4, -0.2) is 34.2 Å². The van der Waals surface area contributed by atoms with Crippen LogP contribution in [0.5, 0.6) is 0 Å². The van der Waals surface area contributed by atoms with E-state index in [0.29, 0.717) is 22.8 Å². The van der Waals surface area contributed by atoms with Crippen LogP contribution in [0, 0.1) is 0 Å². The molecule has 0 saturated carbocycles. The van der Waals surface area contributed by atoms with Gasteiger partial charge in [-0.1, -0.05) is 6.08 Å². The second-order valence-corrected chi connectivity index (χ2v) is 8.25. The minimum absolute atomic E-state index is 0.0108. The van der Waals surface area contributed by atoms with E-state index in [1.54, 1.807) is 0 Å². The average molecular weight is 516 g/mol. The minimum Gasteiger partial charge on any atom is -0.477 e. The van der Waals surface area contributed by atoms with Crippen LogP contribution in [0.4, 0.5) is 30.7 Å². The van der Waals surface area contributed by atoms with Gasteiger partial charge in [0.15, 0.2) is 0 Å². The van der Waals surface area contributed by atoms with Gasteiger partial charge in [-0.05, 0) is 66.0 Å². The van der Waals surface area contributed by atoms with Crippen molar-refractivity contribution in [3.63, 3.8) is 0 Å². The predicted molar refractivity (Wildman–Crippen MR) is 112 cm³/mol. The number of carbonyl (C=O) groups is 1. The lowest BCUT2D eigenvalue weighted by Gasteiger charge is -2.32. The van der Waals surface area contributed by atoms with Crippen molar-refractivity contribution < 1.29 is 45.5 Å². The topological polar surface area (TPSA) is 53.0 Å². The van der Waals surface area contributed by atoms with E-state index in [4.69, 9.17) is 4.74 Å². The van der Waals surface area contributed by atoms with Crippen LogP contribution in [0.1, 0.15) is 29.5 Å². The van der Waals surface area contributed by atoms with Crippen LogP contribution in [0.3, 0.4) is 0 Å². The van der Waals surface area contributed by atoms with Gasteiger partial charge in [0, 0.05) is 19.3 Å². The second kappa shape index (κ2) is 9.49. The lowest BCUT2D eigenvalue weighted by atomic mass is 9.92. The molecule has 0 saturated heterocycles. The summed E-state index contributed by atoms with van der Waals surface area (Å²) in [5, 5.41) is 10.8. The van der Waals surface area contributed by atoms with E-state index in [9.17, 15) is 40.7 Å². The quantitative estimate of drug-likeness (QED) is 0.489. The molecule has 0 fully saturated rings. The van der Waals surface area contributed by atoms with Crippen molar-refractivity contribution >= 4 is 5.91 Å². The summed E-state index contributed by atoms with van der Waals surface area (Å²) in [5.41, 5.74) is -2.69. The Kier molecular flexibility index (Phi) is 6.74. The molecular formula is C24H19F7N2O3. The molecule has 5 nitrogen and oxygen atoms in total. The Hall–Kier alpha value is -3.54. The Morgan fingerprint density at radius 3 is 2.22 bits per heavy atom.